The van der Waals surface area contributed by atoms with Crippen LogP contribution in [0.5, 0.6) is 5.75 Å². The molecule has 0 aromatic heterocycles. The van der Waals surface area contributed by atoms with Gasteiger partial charge < -0.3 is 21.1 Å². The molecule has 4 N–H and O–H groups in total. The lowest BCUT2D eigenvalue weighted by Gasteiger charge is -2.16. The van der Waals surface area contributed by atoms with Crippen LogP contribution in [0.15, 0.2) is 18.2 Å². The van der Waals surface area contributed by atoms with Crippen molar-refractivity contribution >= 4 is 17.3 Å². The van der Waals surface area contributed by atoms with Crippen LogP contribution in [-0.2, 0) is 4.79 Å². The highest BCUT2D eigenvalue weighted by molar-refractivity contribution is 5.85. The molecular formula is C11H17N3O2. The van der Waals surface area contributed by atoms with Crippen LogP contribution < -0.4 is 21.1 Å². The lowest BCUT2D eigenvalue weighted by atomic mass is 10.2. The Morgan fingerprint density at radius 2 is 2.19 bits per heavy atom. The molecule has 5 nitrogen and oxygen atoms in total. The lowest BCUT2D eigenvalue weighted by molar-refractivity contribution is -0.121. The Bertz CT molecular complexity index is 379. The van der Waals surface area contributed by atoms with Crippen molar-refractivity contribution in [2.75, 3.05) is 25.2 Å². The first kappa shape index (κ1) is 12.2. The number of anilines is 2. The van der Waals surface area contributed by atoms with Gasteiger partial charge in [0.05, 0.1) is 18.5 Å². The Kier molecular flexibility index (Phi) is 3.99. The molecule has 1 rings (SSSR count). The minimum absolute atomic E-state index is 0.0952. The summed E-state index contributed by atoms with van der Waals surface area (Å²) in [6, 6.07) is 4.91. The number of carbonyl (C=O) groups is 1. The van der Waals surface area contributed by atoms with Crippen molar-refractivity contribution in [3.8, 4) is 5.75 Å². The average molecular weight is 223 g/mol. The SMILES string of the molecule is CNC(=O)C(C)Nc1cc(OC)ccc1N. The number of hydrogen-bond acceptors (Lipinski definition) is 4. The minimum atomic E-state index is -0.348. The van der Waals surface area contributed by atoms with E-state index in [4.69, 9.17) is 10.5 Å². The van der Waals surface area contributed by atoms with Crippen LogP contribution >= 0.6 is 0 Å². The van der Waals surface area contributed by atoms with Gasteiger partial charge in [-0.1, -0.05) is 0 Å². The van der Waals surface area contributed by atoms with Gasteiger partial charge in [0.15, 0.2) is 0 Å². The Morgan fingerprint density at radius 3 is 2.75 bits per heavy atom. The van der Waals surface area contributed by atoms with Crippen LogP contribution in [0.1, 0.15) is 6.92 Å². The summed E-state index contributed by atoms with van der Waals surface area (Å²) in [7, 11) is 3.17. The van der Waals surface area contributed by atoms with E-state index in [1.54, 1.807) is 39.3 Å². The third kappa shape index (κ3) is 2.79. The third-order valence-electron chi connectivity index (χ3n) is 2.27. The zero-order valence-corrected chi connectivity index (χ0v) is 9.70. The second-order valence-electron chi connectivity index (χ2n) is 3.43. The summed E-state index contributed by atoms with van der Waals surface area (Å²) in [6.07, 6.45) is 0. The number of hydrogen-bond donors (Lipinski definition) is 3. The van der Waals surface area contributed by atoms with Gasteiger partial charge in [-0.15, -0.1) is 0 Å². The molecule has 0 aliphatic heterocycles. The molecule has 1 atom stereocenters. The van der Waals surface area contributed by atoms with Crippen LogP contribution in [0.4, 0.5) is 11.4 Å². The second-order valence-corrected chi connectivity index (χ2v) is 3.43. The van der Waals surface area contributed by atoms with E-state index >= 15 is 0 Å². The van der Waals surface area contributed by atoms with Gasteiger partial charge in [-0.2, -0.15) is 0 Å². The first-order valence-corrected chi connectivity index (χ1v) is 5.00. The summed E-state index contributed by atoms with van der Waals surface area (Å²) in [4.78, 5) is 11.3. The van der Waals surface area contributed by atoms with Crippen LogP contribution in [0.3, 0.4) is 0 Å². The molecular weight excluding hydrogens is 206 g/mol. The standard InChI is InChI=1S/C11H17N3O2/c1-7(11(15)13-2)14-10-6-8(16-3)4-5-9(10)12/h4-7,14H,12H2,1-3H3,(H,13,15). The van der Waals surface area contributed by atoms with E-state index in [2.05, 4.69) is 10.6 Å². The van der Waals surface area contributed by atoms with Crippen molar-refractivity contribution in [3.05, 3.63) is 18.2 Å². The highest BCUT2D eigenvalue weighted by Gasteiger charge is 2.12. The number of methoxy groups -OCH3 is 1. The predicted molar refractivity (Wildman–Crippen MR) is 64.6 cm³/mol. The molecule has 1 unspecified atom stereocenters. The van der Waals surface area contributed by atoms with Crippen molar-refractivity contribution in [1.29, 1.82) is 0 Å². The average Bonchev–Trinajstić information content (AvgIpc) is 2.30. The number of nitrogen functional groups attached to an aromatic ring is 1. The molecule has 0 spiro atoms. The molecule has 0 radical (unpaired) electrons. The zero-order chi connectivity index (χ0) is 12.1. The van der Waals surface area contributed by atoms with Crippen molar-refractivity contribution in [3.63, 3.8) is 0 Å². The summed E-state index contributed by atoms with van der Waals surface area (Å²) in [5.74, 6) is 0.600. The highest BCUT2D eigenvalue weighted by Crippen LogP contribution is 2.24. The molecule has 16 heavy (non-hydrogen) atoms. The fourth-order valence-electron chi connectivity index (χ4n) is 1.30. The molecule has 0 fully saturated rings. The van der Waals surface area contributed by atoms with Gasteiger partial charge in [0.1, 0.15) is 11.8 Å². The Hall–Kier alpha value is -1.91. The first-order chi connectivity index (χ1) is 7.58. The highest BCUT2D eigenvalue weighted by atomic mass is 16.5. The third-order valence-corrected chi connectivity index (χ3v) is 2.27. The van der Waals surface area contributed by atoms with Crippen molar-refractivity contribution < 1.29 is 9.53 Å². The van der Waals surface area contributed by atoms with E-state index in [1.165, 1.54) is 0 Å². The fraction of sp³-hybridized carbons (Fsp3) is 0.364. The van der Waals surface area contributed by atoms with Crippen molar-refractivity contribution in [2.24, 2.45) is 0 Å². The Balaban J connectivity index is 2.83. The van der Waals surface area contributed by atoms with E-state index in [-0.39, 0.29) is 11.9 Å². The Morgan fingerprint density at radius 1 is 1.50 bits per heavy atom. The molecule has 0 bridgehead atoms. The van der Waals surface area contributed by atoms with E-state index in [1.807, 2.05) is 0 Å². The summed E-state index contributed by atoms with van der Waals surface area (Å²) in [6.45, 7) is 1.76. The normalized spacial score (nSPS) is 11.7. The van der Waals surface area contributed by atoms with Gasteiger partial charge >= 0.3 is 0 Å². The van der Waals surface area contributed by atoms with Crippen LogP contribution in [0.25, 0.3) is 0 Å². The molecule has 1 amide bonds. The number of nitrogens with one attached hydrogen (secondary N) is 2. The number of nitrogens with two attached hydrogens (primary N) is 1. The molecule has 1 aromatic rings. The largest absolute Gasteiger partial charge is 0.497 e. The van der Waals surface area contributed by atoms with E-state index in [0.29, 0.717) is 17.1 Å². The monoisotopic (exact) mass is 223 g/mol. The summed E-state index contributed by atoms with van der Waals surface area (Å²) in [5.41, 5.74) is 7.05. The molecule has 0 aliphatic rings. The molecule has 0 heterocycles. The Labute approximate surface area is 95.0 Å². The molecule has 5 heteroatoms. The van der Waals surface area contributed by atoms with Crippen molar-refractivity contribution in [1.82, 2.24) is 5.32 Å². The summed E-state index contributed by atoms with van der Waals surface area (Å²) >= 11 is 0. The molecule has 0 saturated carbocycles. The predicted octanol–water partition coefficient (Wildman–Crippen LogP) is 0.824. The van der Waals surface area contributed by atoms with E-state index in [0.717, 1.165) is 0 Å². The zero-order valence-electron chi connectivity index (χ0n) is 9.70. The number of amides is 1. The minimum Gasteiger partial charge on any atom is -0.497 e. The van der Waals surface area contributed by atoms with Gasteiger partial charge in [0, 0.05) is 13.1 Å². The maximum atomic E-state index is 11.3. The van der Waals surface area contributed by atoms with E-state index in [9.17, 15) is 4.79 Å². The number of ether oxygens (including phenoxy) is 1. The van der Waals surface area contributed by atoms with Crippen molar-refractivity contribution in [2.45, 2.75) is 13.0 Å². The number of carbonyl (C=O) groups excluding carboxylic acids is 1. The van der Waals surface area contributed by atoms with Crippen LogP contribution in [0, 0.1) is 0 Å². The topological polar surface area (TPSA) is 76.4 Å². The van der Waals surface area contributed by atoms with Gasteiger partial charge in [-0.25, -0.2) is 0 Å². The lowest BCUT2D eigenvalue weighted by Crippen LogP contribution is -2.35. The van der Waals surface area contributed by atoms with Gasteiger partial charge in [0.25, 0.3) is 0 Å². The number of benzene rings is 1. The molecule has 0 aliphatic carbocycles. The number of rotatable bonds is 4. The van der Waals surface area contributed by atoms with Crippen LogP contribution in [-0.4, -0.2) is 26.1 Å². The number of likely N-dealkylation sites (N-methyl/N-ethyl adjacent to an activating group) is 1. The second kappa shape index (κ2) is 5.25. The van der Waals surface area contributed by atoms with Gasteiger partial charge in [0.2, 0.25) is 5.91 Å². The molecule has 1 aromatic carbocycles. The fourth-order valence-corrected chi connectivity index (χ4v) is 1.30. The van der Waals surface area contributed by atoms with Gasteiger partial charge in [-0.05, 0) is 19.1 Å². The molecule has 0 saturated heterocycles. The van der Waals surface area contributed by atoms with Crippen LogP contribution in [0.2, 0.25) is 0 Å². The van der Waals surface area contributed by atoms with Gasteiger partial charge in [-0.3, -0.25) is 4.79 Å². The van der Waals surface area contributed by atoms with E-state index < -0.39 is 0 Å². The summed E-state index contributed by atoms with van der Waals surface area (Å²) < 4.78 is 5.08. The quantitative estimate of drug-likeness (QED) is 0.661. The maximum Gasteiger partial charge on any atom is 0.241 e. The summed E-state index contributed by atoms with van der Waals surface area (Å²) in [5, 5.41) is 5.58. The smallest absolute Gasteiger partial charge is 0.241 e. The maximum absolute atomic E-state index is 11.3. The molecule has 88 valence electrons. The first-order valence-electron chi connectivity index (χ1n) is 5.00.